The molecule has 1 amide bonds. The van der Waals surface area contributed by atoms with Crippen LogP contribution in [0.2, 0.25) is 5.02 Å². The van der Waals surface area contributed by atoms with Gasteiger partial charge in [-0.1, -0.05) is 18.5 Å². The molecule has 7 heteroatoms. The summed E-state index contributed by atoms with van der Waals surface area (Å²) in [4.78, 5) is 34.1. The minimum absolute atomic E-state index is 0.0556. The molecule has 134 valence electrons. The lowest BCUT2D eigenvalue weighted by Gasteiger charge is -2.24. The number of aromatic nitrogens is 2. The van der Waals surface area contributed by atoms with Crippen molar-refractivity contribution < 1.29 is 9.53 Å². The molecule has 1 saturated heterocycles. The first-order chi connectivity index (χ1) is 12.0. The molecule has 2 atom stereocenters. The maximum absolute atomic E-state index is 12.8. The Balaban J connectivity index is 1.85. The first kappa shape index (κ1) is 17.9. The van der Waals surface area contributed by atoms with Gasteiger partial charge >= 0.3 is 0 Å². The number of fused-ring (bicyclic) bond motifs is 1. The molecule has 2 aromatic rings. The number of rotatable bonds is 5. The molecule has 2 heterocycles. The summed E-state index contributed by atoms with van der Waals surface area (Å²) in [5.41, 5.74) is 0.311. The molecule has 1 aliphatic rings. The van der Waals surface area contributed by atoms with E-state index < -0.39 is 0 Å². The van der Waals surface area contributed by atoms with Crippen LogP contribution >= 0.6 is 11.6 Å². The third-order valence-electron chi connectivity index (χ3n) is 4.41. The summed E-state index contributed by atoms with van der Waals surface area (Å²) in [6, 6.07) is 4.97. The largest absolute Gasteiger partial charge is 0.378 e. The highest BCUT2D eigenvalue weighted by Gasteiger charge is 2.31. The zero-order chi connectivity index (χ0) is 18.0. The Morgan fingerprint density at radius 2 is 2.28 bits per heavy atom. The summed E-state index contributed by atoms with van der Waals surface area (Å²) < 4.78 is 5.52. The highest BCUT2D eigenvalue weighted by atomic mass is 35.5. The second-order valence-corrected chi connectivity index (χ2v) is 6.95. The second kappa shape index (κ2) is 7.54. The number of nitrogens with zero attached hydrogens (tertiary/aromatic N) is 2. The summed E-state index contributed by atoms with van der Waals surface area (Å²) in [7, 11) is 0. The molecule has 0 radical (unpaired) electrons. The normalized spacial score (nSPS) is 20.1. The van der Waals surface area contributed by atoms with Crippen molar-refractivity contribution in [3.8, 4) is 0 Å². The van der Waals surface area contributed by atoms with Crippen LogP contribution in [-0.4, -0.2) is 40.0 Å². The van der Waals surface area contributed by atoms with Crippen LogP contribution in [0.15, 0.2) is 23.0 Å². The second-order valence-electron chi connectivity index (χ2n) is 6.51. The number of hydrogen-bond donors (Lipinski definition) is 1. The summed E-state index contributed by atoms with van der Waals surface area (Å²) >= 11 is 6.00. The molecule has 1 aromatic carbocycles. The van der Waals surface area contributed by atoms with E-state index >= 15 is 0 Å². The quantitative estimate of drug-likeness (QED) is 0.886. The first-order valence-corrected chi connectivity index (χ1v) is 8.94. The van der Waals surface area contributed by atoms with Crippen LogP contribution in [0.5, 0.6) is 0 Å². The SMILES string of the molecule is CCCN(Cc1nc2cc(Cl)ccc2c(=O)[nH]1)C(=O)C1COC(C)C1. The molecule has 0 aliphatic carbocycles. The van der Waals surface area contributed by atoms with Crippen LogP contribution in [0, 0.1) is 5.92 Å². The predicted molar refractivity (Wildman–Crippen MR) is 96.6 cm³/mol. The van der Waals surface area contributed by atoms with Gasteiger partial charge in [-0.15, -0.1) is 0 Å². The summed E-state index contributed by atoms with van der Waals surface area (Å²) in [5, 5.41) is 1.01. The molecular weight excluding hydrogens is 342 g/mol. The Morgan fingerprint density at radius 1 is 1.48 bits per heavy atom. The fraction of sp³-hybridized carbons (Fsp3) is 0.500. The molecule has 6 nitrogen and oxygen atoms in total. The van der Waals surface area contributed by atoms with Gasteiger partial charge in [0, 0.05) is 11.6 Å². The number of carbonyl (C=O) groups is 1. The van der Waals surface area contributed by atoms with Gasteiger partial charge in [-0.3, -0.25) is 9.59 Å². The van der Waals surface area contributed by atoms with E-state index in [9.17, 15) is 9.59 Å². The summed E-state index contributed by atoms with van der Waals surface area (Å²) in [6.45, 7) is 5.34. The van der Waals surface area contributed by atoms with Crippen LogP contribution in [0.25, 0.3) is 10.9 Å². The molecular formula is C18H22ClN3O3. The number of halogens is 1. The lowest BCUT2D eigenvalue weighted by atomic mass is 10.0. The van der Waals surface area contributed by atoms with Crippen LogP contribution in [0.4, 0.5) is 0 Å². The van der Waals surface area contributed by atoms with Gasteiger partial charge in [0.05, 0.1) is 36.1 Å². The van der Waals surface area contributed by atoms with E-state index in [0.717, 1.165) is 12.8 Å². The van der Waals surface area contributed by atoms with Gasteiger partial charge in [-0.2, -0.15) is 0 Å². The Labute approximate surface area is 151 Å². The number of benzene rings is 1. The highest BCUT2D eigenvalue weighted by molar-refractivity contribution is 6.31. The fourth-order valence-electron chi connectivity index (χ4n) is 3.20. The molecule has 0 bridgehead atoms. The molecule has 1 aromatic heterocycles. The van der Waals surface area contributed by atoms with Crippen molar-refractivity contribution in [1.82, 2.24) is 14.9 Å². The molecule has 3 rings (SSSR count). The van der Waals surface area contributed by atoms with E-state index in [2.05, 4.69) is 9.97 Å². The molecule has 1 aliphatic heterocycles. The van der Waals surface area contributed by atoms with E-state index in [0.29, 0.717) is 34.9 Å². The third kappa shape index (κ3) is 4.02. The maximum Gasteiger partial charge on any atom is 0.258 e. The van der Waals surface area contributed by atoms with Crippen LogP contribution < -0.4 is 5.56 Å². The number of aromatic amines is 1. The van der Waals surface area contributed by atoms with Gasteiger partial charge in [-0.05, 0) is 38.0 Å². The number of carbonyl (C=O) groups excluding carboxylic acids is 1. The number of hydrogen-bond acceptors (Lipinski definition) is 4. The van der Waals surface area contributed by atoms with Crippen molar-refractivity contribution >= 4 is 28.4 Å². The van der Waals surface area contributed by atoms with E-state index in [1.54, 1.807) is 23.1 Å². The Kier molecular flexibility index (Phi) is 5.39. The van der Waals surface area contributed by atoms with Gasteiger partial charge in [0.1, 0.15) is 5.82 Å². The molecule has 25 heavy (non-hydrogen) atoms. The Hall–Kier alpha value is -1.92. The van der Waals surface area contributed by atoms with E-state index in [1.165, 1.54) is 0 Å². The number of H-pyrrole nitrogens is 1. The average molecular weight is 364 g/mol. The first-order valence-electron chi connectivity index (χ1n) is 8.56. The molecule has 2 unspecified atom stereocenters. The standard InChI is InChI=1S/C18H22ClN3O3/c1-3-6-22(18(24)12-7-11(2)25-10-12)9-16-20-15-8-13(19)4-5-14(15)17(23)21-16/h4-5,8,11-12H,3,6-7,9-10H2,1-2H3,(H,20,21,23). The van der Waals surface area contributed by atoms with Crippen LogP contribution in [0.1, 0.15) is 32.5 Å². The van der Waals surface area contributed by atoms with Crippen molar-refractivity contribution in [3.63, 3.8) is 0 Å². The molecule has 1 N–H and O–H groups in total. The van der Waals surface area contributed by atoms with Crippen LogP contribution in [-0.2, 0) is 16.1 Å². The van der Waals surface area contributed by atoms with Crippen molar-refractivity contribution in [2.75, 3.05) is 13.2 Å². The van der Waals surface area contributed by atoms with Crippen LogP contribution in [0.3, 0.4) is 0 Å². The zero-order valence-electron chi connectivity index (χ0n) is 14.4. The van der Waals surface area contributed by atoms with Gasteiger partial charge in [0.25, 0.3) is 5.56 Å². The van der Waals surface area contributed by atoms with Crippen molar-refractivity contribution in [2.45, 2.75) is 39.3 Å². The van der Waals surface area contributed by atoms with Gasteiger partial charge in [-0.25, -0.2) is 4.98 Å². The van der Waals surface area contributed by atoms with Gasteiger partial charge in [0.2, 0.25) is 5.91 Å². The van der Waals surface area contributed by atoms with Crippen molar-refractivity contribution in [1.29, 1.82) is 0 Å². The Bertz CT molecular complexity index is 836. The minimum atomic E-state index is -0.224. The molecule has 0 spiro atoms. The van der Waals surface area contributed by atoms with Gasteiger partial charge in [0.15, 0.2) is 0 Å². The maximum atomic E-state index is 12.8. The number of amides is 1. The molecule has 1 fully saturated rings. The smallest absolute Gasteiger partial charge is 0.258 e. The zero-order valence-corrected chi connectivity index (χ0v) is 15.2. The summed E-state index contributed by atoms with van der Waals surface area (Å²) in [6.07, 6.45) is 1.67. The average Bonchev–Trinajstić information content (AvgIpc) is 3.00. The highest BCUT2D eigenvalue weighted by Crippen LogP contribution is 2.22. The number of nitrogens with one attached hydrogen (secondary N) is 1. The summed E-state index contributed by atoms with van der Waals surface area (Å²) in [5.74, 6) is 0.400. The van der Waals surface area contributed by atoms with Crippen molar-refractivity contribution in [3.05, 3.63) is 39.4 Å². The third-order valence-corrected chi connectivity index (χ3v) is 4.65. The number of ether oxygens (including phenoxy) is 1. The van der Waals surface area contributed by atoms with Crippen molar-refractivity contribution in [2.24, 2.45) is 5.92 Å². The van der Waals surface area contributed by atoms with E-state index in [1.807, 2.05) is 13.8 Å². The monoisotopic (exact) mass is 363 g/mol. The lowest BCUT2D eigenvalue weighted by Crippen LogP contribution is -2.37. The molecule has 0 saturated carbocycles. The predicted octanol–water partition coefficient (Wildman–Crippen LogP) is 2.74. The minimum Gasteiger partial charge on any atom is -0.378 e. The lowest BCUT2D eigenvalue weighted by molar-refractivity contribution is -0.136. The van der Waals surface area contributed by atoms with E-state index in [4.69, 9.17) is 16.3 Å². The van der Waals surface area contributed by atoms with E-state index in [-0.39, 0.29) is 30.0 Å². The fourth-order valence-corrected chi connectivity index (χ4v) is 3.37. The topological polar surface area (TPSA) is 75.3 Å². The van der Waals surface area contributed by atoms with Gasteiger partial charge < -0.3 is 14.6 Å². The Morgan fingerprint density at radius 3 is 2.96 bits per heavy atom.